The minimum absolute atomic E-state index is 0.168. The molecule has 3 nitrogen and oxygen atoms in total. The summed E-state index contributed by atoms with van der Waals surface area (Å²) in [4.78, 5) is 0. The molecule has 15 heavy (non-hydrogen) atoms. The SMILES string of the molecule is C[C@@H](N)Cc1ccccc1-n1cccn1. The minimum atomic E-state index is 0.168. The third-order valence-corrected chi connectivity index (χ3v) is 2.28. The van der Waals surface area contributed by atoms with Crippen LogP contribution in [0.4, 0.5) is 0 Å². The van der Waals surface area contributed by atoms with Crippen LogP contribution in [0.15, 0.2) is 42.7 Å². The van der Waals surface area contributed by atoms with Gasteiger partial charge in [0, 0.05) is 18.4 Å². The smallest absolute Gasteiger partial charge is 0.0678 e. The molecule has 0 bridgehead atoms. The van der Waals surface area contributed by atoms with E-state index >= 15 is 0 Å². The Morgan fingerprint density at radius 1 is 1.33 bits per heavy atom. The molecule has 2 rings (SSSR count). The summed E-state index contributed by atoms with van der Waals surface area (Å²) >= 11 is 0. The van der Waals surface area contributed by atoms with Crippen molar-refractivity contribution in [2.75, 3.05) is 0 Å². The molecule has 0 saturated heterocycles. The number of para-hydroxylation sites is 1. The zero-order valence-electron chi connectivity index (χ0n) is 8.80. The Morgan fingerprint density at radius 3 is 2.80 bits per heavy atom. The monoisotopic (exact) mass is 201 g/mol. The Hall–Kier alpha value is -1.61. The van der Waals surface area contributed by atoms with Crippen LogP contribution in [0.25, 0.3) is 5.69 Å². The van der Waals surface area contributed by atoms with Crippen molar-refractivity contribution in [2.24, 2.45) is 5.73 Å². The summed E-state index contributed by atoms with van der Waals surface area (Å²) in [5, 5.41) is 4.23. The summed E-state index contributed by atoms with van der Waals surface area (Å²) in [7, 11) is 0. The van der Waals surface area contributed by atoms with Crippen molar-refractivity contribution in [3.05, 3.63) is 48.3 Å². The van der Waals surface area contributed by atoms with Crippen molar-refractivity contribution in [2.45, 2.75) is 19.4 Å². The molecule has 0 unspecified atom stereocenters. The number of hydrogen-bond donors (Lipinski definition) is 1. The van der Waals surface area contributed by atoms with Gasteiger partial charge in [-0.15, -0.1) is 0 Å². The van der Waals surface area contributed by atoms with Crippen molar-refractivity contribution in [1.29, 1.82) is 0 Å². The Morgan fingerprint density at radius 2 is 2.13 bits per heavy atom. The second-order valence-corrected chi connectivity index (χ2v) is 3.76. The van der Waals surface area contributed by atoms with E-state index < -0.39 is 0 Å². The summed E-state index contributed by atoms with van der Waals surface area (Å²) in [5.74, 6) is 0. The lowest BCUT2D eigenvalue weighted by molar-refractivity contribution is 0.727. The van der Waals surface area contributed by atoms with Crippen molar-refractivity contribution in [3.8, 4) is 5.69 Å². The molecule has 0 aliphatic rings. The fourth-order valence-electron chi connectivity index (χ4n) is 1.67. The summed E-state index contributed by atoms with van der Waals surface area (Å²) < 4.78 is 1.87. The largest absolute Gasteiger partial charge is 0.328 e. The van der Waals surface area contributed by atoms with Crippen LogP contribution in [0, 0.1) is 0 Å². The normalized spacial score (nSPS) is 12.7. The van der Waals surface area contributed by atoms with Crippen molar-refractivity contribution in [3.63, 3.8) is 0 Å². The highest BCUT2D eigenvalue weighted by atomic mass is 15.3. The van der Waals surface area contributed by atoms with Crippen LogP contribution in [0.2, 0.25) is 0 Å². The highest BCUT2D eigenvalue weighted by Gasteiger charge is 2.05. The fraction of sp³-hybridized carbons (Fsp3) is 0.250. The molecule has 0 fully saturated rings. The second-order valence-electron chi connectivity index (χ2n) is 3.76. The van der Waals surface area contributed by atoms with E-state index in [0.717, 1.165) is 12.1 Å². The molecule has 3 heteroatoms. The maximum atomic E-state index is 5.82. The number of rotatable bonds is 3. The van der Waals surface area contributed by atoms with E-state index in [9.17, 15) is 0 Å². The van der Waals surface area contributed by atoms with Gasteiger partial charge in [-0.25, -0.2) is 4.68 Å². The molecule has 1 aromatic heterocycles. The molecule has 0 saturated carbocycles. The third-order valence-electron chi connectivity index (χ3n) is 2.28. The molecular formula is C12H15N3. The summed E-state index contributed by atoms with van der Waals surface area (Å²) in [6, 6.07) is 10.3. The maximum absolute atomic E-state index is 5.82. The summed E-state index contributed by atoms with van der Waals surface area (Å²) in [5.41, 5.74) is 8.16. The van der Waals surface area contributed by atoms with E-state index in [1.165, 1.54) is 5.56 Å². The summed E-state index contributed by atoms with van der Waals surface area (Å²) in [6.45, 7) is 2.01. The first-order chi connectivity index (χ1) is 7.27. The van der Waals surface area contributed by atoms with Gasteiger partial charge in [0.05, 0.1) is 5.69 Å². The van der Waals surface area contributed by atoms with Gasteiger partial charge in [-0.2, -0.15) is 5.10 Å². The molecule has 0 radical (unpaired) electrons. The average Bonchev–Trinajstić information content (AvgIpc) is 2.70. The van der Waals surface area contributed by atoms with Crippen molar-refractivity contribution < 1.29 is 0 Å². The van der Waals surface area contributed by atoms with E-state index in [2.05, 4.69) is 17.2 Å². The van der Waals surface area contributed by atoms with Gasteiger partial charge in [0.1, 0.15) is 0 Å². The zero-order chi connectivity index (χ0) is 10.7. The fourth-order valence-corrected chi connectivity index (χ4v) is 1.67. The van der Waals surface area contributed by atoms with E-state index in [0.29, 0.717) is 0 Å². The van der Waals surface area contributed by atoms with E-state index in [1.54, 1.807) is 6.20 Å². The molecule has 78 valence electrons. The molecule has 0 aliphatic heterocycles. The lowest BCUT2D eigenvalue weighted by Gasteiger charge is -2.11. The molecule has 0 spiro atoms. The van der Waals surface area contributed by atoms with Gasteiger partial charge < -0.3 is 5.73 Å². The van der Waals surface area contributed by atoms with Crippen LogP contribution in [-0.2, 0) is 6.42 Å². The first-order valence-corrected chi connectivity index (χ1v) is 5.11. The standard InChI is InChI=1S/C12H15N3/c1-10(13)9-11-5-2-3-6-12(11)15-8-4-7-14-15/h2-8,10H,9,13H2,1H3/t10-/m1/s1. The third kappa shape index (κ3) is 2.25. The Labute approximate surface area is 89.5 Å². The van der Waals surface area contributed by atoms with Gasteiger partial charge in [0.15, 0.2) is 0 Å². The number of nitrogens with zero attached hydrogens (tertiary/aromatic N) is 2. The molecule has 0 amide bonds. The van der Waals surface area contributed by atoms with Crippen LogP contribution >= 0.6 is 0 Å². The van der Waals surface area contributed by atoms with Gasteiger partial charge in [-0.1, -0.05) is 18.2 Å². The first-order valence-electron chi connectivity index (χ1n) is 5.11. The summed E-state index contributed by atoms with van der Waals surface area (Å²) in [6.07, 6.45) is 4.60. The number of nitrogens with two attached hydrogens (primary N) is 1. The van der Waals surface area contributed by atoms with Gasteiger partial charge in [-0.05, 0) is 31.0 Å². The van der Waals surface area contributed by atoms with Crippen LogP contribution < -0.4 is 5.73 Å². The molecule has 2 N–H and O–H groups in total. The molecule has 0 aliphatic carbocycles. The second kappa shape index (κ2) is 4.28. The zero-order valence-corrected chi connectivity index (χ0v) is 8.80. The molecule has 1 aromatic carbocycles. The van der Waals surface area contributed by atoms with Gasteiger partial charge in [0.2, 0.25) is 0 Å². The molecule has 1 heterocycles. The topological polar surface area (TPSA) is 43.8 Å². The Kier molecular flexibility index (Phi) is 2.83. The number of benzene rings is 1. The van der Waals surface area contributed by atoms with Crippen LogP contribution in [0.3, 0.4) is 0 Å². The maximum Gasteiger partial charge on any atom is 0.0678 e. The van der Waals surface area contributed by atoms with Gasteiger partial charge >= 0.3 is 0 Å². The van der Waals surface area contributed by atoms with E-state index in [-0.39, 0.29) is 6.04 Å². The van der Waals surface area contributed by atoms with E-state index in [4.69, 9.17) is 5.73 Å². The van der Waals surface area contributed by atoms with Crippen molar-refractivity contribution >= 4 is 0 Å². The Bertz CT molecular complexity index is 418. The lowest BCUT2D eigenvalue weighted by atomic mass is 10.1. The quantitative estimate of drug-likeness (QED) is 0.822. The number of hydrogen-bond acceptors (Lipinski definition) is 2. The predicted molar refractivity (Wildman–Crippen MR) is 60.9 cm³/mol. The van der Waals surface area contributed by atoms with Crippen LogP contribution in [0.5, 0.6) is 0 Å². The van der Waals surface area contributed by atoms with Crippen molar-refractivity contribution in [1.82, 2.24) is 9.78 Å². The highest BCUT2D eigenvalue weighted by molar-refractivity contribution is 5.40. The average molecular weight is 201 g/mol. The molecular weight excluding hydrogens is 186 g/mol. The minimum Gasteiger partial charge on any atom is -0.328 e. The predicted octanol–water partition coefficient (Wildman–Crippen LogP) is 1.76. The van der Waals surface area contributed by atoms with Gasteiger partial charge in [0.25, 0.3) is 0 Å². The molecule has 2 aromatic rings. The number of aromatic nitrogens is 2. The highest BCUT2D eigenvalue weighted by Crippen LogP contribution is 2.14. The first kappa shape index (κ1) is 9.93. The van der Waals surface area contributed by atoms with E-state index in [1.807, 2.05) is 36.0 Å². The lowest BCUT2D eigenvalue weighted by Crippen LogP contribution is -2.19. The molecule has 1 atom stereocenters. The van der Waals surface area contributed by atoms with Gasteiger partial charge in [-0.3, -0.25) is 0 Å². The van der Waals surface area contributed by atoms with Crippen LogP contribution in [-0.4, -0.2) is 15.8 Å². The Balaban J connectivity index is 2.38. The van der Waals surface area contributed by atoms with Crippen LogP contribution in [0.1, 0.15) is 12.5 Å².